The van der Waals surface area contributed by atoms with Crippen LogP contribution in [0.3, 0.4) is 0 Å². The zero-order chi connectivity index (χ0) is 18.4. The lowest BCUT2D eigenvalue weighted by Crippen LogP contribution is -2.24. The molecule has 25 heavy (non-hydrogen) atoms. The van der Waals surface area contributed by atoms with Gasteiger partial charge in [0.15, 0.2) is 0 Å². The molecule has 0 aromatic heterocycles. The van der Waals surface area contributed by atoms with Crippen LogP contribution in [0.4, 0.5) is 0 Å². The van der Waals surface area contributed by atoms with Crippen molar-refractivity contribution < 1.29 is 13.2 Å². The van der Waals surface area contributed by atoms with E-state index < -0.39 is 10.0 Å². The van der Waals surface area contributed by atoms with Crippen LogP contribution in [0.1, 0.15) is 49.8 Å². The van der Waals surface area contributed by atoms with Crippen molar-refractivity contribution in [1.82, 2.24) is 4.72 Å². The van der Waals surface area contributed by atoms with Crippen LogP contribution in [0.25, 0.3) is 0 Å². The largest absolute Gasteiger partial charge is 0.492 e. The van der Waals surface area contributed by atoms with E-state index in [1.807, 2.05) is 50.2 Å². The van der Waals surface area contributed by atoms with Crippen molar-refractivity contribution in [3.8, 4) is 5.75 Å². The predicted molar refractivity (Wildman–Crippen MR) is 102 cm³/mol. The van der Waals surface area contributed by atoms with E-state index in [-0.39, 0.29) is 17.4 Å². The van der Waals surface area contributed by atoms with Crippen molar-refractivity contribution in [1.29, 1.82) is 0 Å². The molecule has 0 aliphatic rings. The Morgan fingerprint density at radius 1 is 1.12 bits per heavy atom. The molecule has 2 rings (SSSR count). The lowest BCUT2D eigenvalue weighted by molar-refractivity contribution is 0.308. The van der Waals surface area contributed by atoms with Crippen LogP contribution in [0, 0.1) is 6.92 Å². The number of sulfonamides is 1. The maximum absolute atomic E-state index is 12.9. The minimum Gasteiger partial charge on any atom is -0.492 e. The molecular weight excluding hydrogens is 334 g/mol. The summed E-state index contributed by atoms with van der Waals surface area (Å²) in [5.74, 6) is 0.660. The molecule has 0 amide bonds. The minimum absolute atomic E-state index is 0.214. The standard InChI is InChI=1S/C20H27NO3S/c1-5-11-24-19-12-16(4)18(15(2)3)13-20(19)25(22,23)21-14-17-9-7-6-8-10-17/h6-10,12-13,15,21H,5,11,14H2,1-4H3. The molecule has 0 saturated carbocycles. The highest BCUT2D eigenvalue weighted by atomic mass is 32.2. The Bertz CT molecular complexity index is 799. The lowest BCUT2D eigenvalue weighted by atomic mass is 9.98. The van der Waals surface area contributed by atoms with Crippen LogP contribution in [-0.4, -0.2) is 15.0 Å². The SMILES string of the molecule is CCCOc1cc(C)c(C(C)C)cc1S(=O)(=O)NCc1ccccc1. The van der Waals surface area contributed by atoms with Crippen LogP contribution in [-0.2, 0) is 16.6 Å². The molecule has 0 saturated heterocycles. The summed E-state index contributed by atoms with van der Waals surface area (Å²) in [6.45, 7) is 8.84. The Morgan fingerprint density at radius 3 is 2.40 bits per heavy atom. The fraction of sp³-hybridized carbons (Fsp3) is 0.400. The molecule has 136 valence electrons. The summed E-state index contributed by atoms with van der Waals surface area (Å²) in [5.41, 5.74) is 2.98. The highest BCUT2D eigenvalue weighted by molar-refractivity contribution is 7.89. The van der Waals surface area contributed by atoms with E-state index in [0.29, 0.717) is 12.4 Å². The number of rotatable bonds is 8. The summed E-state index contributed by atoms with van der Waals surface area (Å²) in [4.78, 5) is 0.214. The van der Waals surface area contributed by atoms with E-state index in [2.05, 4.69) is 18.6 Å². The van der Waals surface area contributed by atoms with Crippen LogP contribution < -0.4 is 9.46 Å². The molecule has 0 radical (unpaired) electrons. The molecule has 0 aliphatic carbocycles. The first-order chi connectivity index (χ1) is 11.8. The van der Waals surface area contributed by atoms with Crippen LogP contribution >= 0.6 is 0 Å². The topological polar surface area (TPSA) is 55.4 Å². The maximum Gasteiger partial charge on any atom is 0.244 e. The average Bonchev–Trinajstić information content (AvgIpc) is 2.58. The van der Waals surface area contributed by atoms with Gasteiger partial charge in [0.1, 0.15) is 10.6 Å². The first-order valence-electron chi connectivity index (χ1n) is 8.66. The molecule has 0 unspecified atom stereocenters. The normalized spacial score (nSPS) is 11.7. The second-order valence-corrected chi connectivity index (χ2v) is 8.20. The minimum atomic E-state index is -3.67. The Morgan fingerprint density at radius 2 is 1.80 bits per heavy atom. The number of ether oxygens (including phenoxy) is 1. The fourth-order valence-electron chi connectivity index (χ4n) is 2.69. The smallest absolute Gasteiger partial charge is 0.244 e. The van der Waals surface area contributed by atoms with Gasteiger partial charge in [0, 0.05) is 6.54 Å². The van der Waals surface area contributed by atoms with Crippen molar-refractivity contribution in [2.75, 3.05) is 6.61 Å². The summed E-state index contributed by atoms with van der Waals surface area (Å²) in [6.07, 6.45) is 0.821. The zero-order valence-corrected chi connectivity index (χ0v) is 16.2. The Hall–Kier alpha value is -1.85. The molecule has 2 aromatic rings. The van der Waals surface area contributed by atoms with E-state index >= 15 is 0 Å². The van der Waals surface area contributed by atoms with Crippen LogP contribution in [0.15, 0.2) is 47.4 Å². The zero-order valence-electron chi connectivity index (χ0n) is 15.4. The first-order valence-corrected chi connectivity index (χ1v) is 10.1. The molecule has 0 fully saturated rings. The summed E-state index contributed by atoms with van der Waals surface area (Å²) in [5, 5.41) is 0. The van der Waals surface area contributed by atoms with Gasteiger partial charge in [-0.25, -0.2) is 13.1 Å². The van der Waals surface area contributed by atoms with Crippen molar-refractivity contribution >= 4 is 10.0 Å². The molecule has 4 nitrogen and oxygen atoms in total. The Labute approximate surface area is 151 Å². The summed E-state index contributed by atoms with van der Waals surface area (Å²) < 4.78 is 34.2. The van der Waals surface area contributed by atoms with Gasteiger partial charge in [-0.3, -0.25) is 0 Å². The first kappa shape index (κ1) is 19.5. The number of hydrogen-bond donors (Lipinski definition) is 1. The average molecular weight is 362 g/mol. The number of benzene rings is 2. The third-order valence-electron chi connectivity index (χ3n) is 4.01. The van der Waals surface area contributed by atoms with Crippen molar-refractivity contribution in [2.24, 2.45) is 0 Å². The third-order valence-corrected chi connectivity index (χ3v) is 5.44. The highest BCUT2D eigenvalue weighted by Gasteiger charge is 2.22. The van der Waals surface area contributed by atoms with E-state index in [1.165, 1.54) is 0 Å². The predicted octanol–water partition coefficient (Wildman–Crippen LogP) is 4.39. The molecule has 5 heteroatoms. The van der Waals surface area contributed by atoms with Gasteiger partial charge in [-0.1, -0.05) is 51.1 Å². The van der Waals surface area contributed by atoms with Gasteiger partial charge >= 0.3 is 0 Å². The van der Waals surface area contributed by atoms with Gasteiger partial charge in [0.2, 0.25) is 10.0 Å². The quantitative estimate of drug-likeness (QED) is 0.759. The monoisotopic (exact) mass is 361 g/mol. The molecule has 0 spiro atoms. The van der Waals surface area contributed by atoms with E-state index in [1.54, 1.807) is 6.07 Å². The molecule has 0 bridgehead atoms. The molecule has 2 aromatic carbocycles. The molecule has 0 aliphatic heterocycles. The Kier molecular flexibility index (Phi) is 6.62. The molecule has 1 N–H and O–H groups in total. The van der Waals surface area contributed by atoms with Crippen LogP contribution in [0.5, 0.6) is 5.75 Å². The van der Waals surface area contributed by atoms with Crippen molar-refractivity contribution in [3.05, 3.63) is 59.2 Å². The molecule has 0 heterocycles. The summed E-state index contributed by atoms with van der Waals surface area (Å²) in [7, 11) is -3.67. The number of hydrogen-bond acceptors (Lipinski definition) is 3. The molecule has 0 atom stereocenters. The summed E-state index contributed by atoms with van der Waals surface area (Å²) >= 11 is 0. The Balaban J connectivity index is 2.37. The summed E-state index contributed by atoms with van der Waals surface area (Å²) in [6, 6.07) is 13.1. The third kappa shape index (κ3) is 5.06. The highest BCUT2D eigenvalue weighted by Crippen LogP contribution is 2.31. The van der Waals surface area contributed by atoms with Gasteiger partial charge < -0.3 is 4.74 Å². The fourth-order valence-corrected chi connectivity index (χ4v) is 3.86. The second-order valence-electron chi connectivity index (χ2n) is 6.47. The second kappa shape index (κ2) is 8.50. The maximum atomic E-state index is 12.9. The van der Waals surface area contributed by atoms with E-state index in [0.717, 1.165) is 23.1 Å². The van der Waals surface area contributed by atoms with Gasteiger partial charge in [0.25, 0.3) is 0 Å². The van der Waals surface area contributed by atoms with Gasteiger partial charge in [-0.05, 0) is 48.1 Å². The lowest BCUT2D eigenvalue weighted by Gasteiger charge is -2.17. The van der Waals surface area contributed by atoms with Crippen molar-refractivity contribution in [2.45, 2.75) is 51.5 Å². The number of nitrogens with one attached hydrogen (secondary N) is 1. The number of aryl methyl sites for hydroxylation is 1. The van der Waals surface area contributed by atoms with Gasteiger partial charge in [0.05, 0.1) is 6.61 Å². The van der Waals surface area contributed by atoms with Gasteiger partial charge in [-0.15, -0.1) is 0 Å². The van der Waals surface area contributed by atoms with Gasteiger partial charge in [-0.2, -0.15) is 0 Å². The van der Waals surface area contributed by atoms with E-state index in [9.17, 15) is 8.42 Å². The van der Waals surface area contributed by atoms with Crippen LogP contribution in [0.2, 0.25) is 0 Å². The van der Waals surface area contributed by atoms with E-state index in [4.69, 9.17) is 4.74 Å². The molecular formula is C20H27NO3S. The van der Waals surface area contributed by atoms with Crippen molar-refractivity contribution in [3.63, 3.8) is 0 Å².